The van der Waals surface area contributed by atoms with Crippen LogP contribution in [-0.2, 0) is 17.9 Å². The minimum Gasteiger partial charge on any atom is -0.482 e. The van der Waals surface area contributed by atoms with E-state index in [0.717, 1.165) is 12.1 Å². The number of benzene rings is 2. The quantitative estimate of drug-likeness (QED) is 0.763. The van der Waals surface area contributed by atoms with Crippen LogP contribution in [0.3, 0.4) is 0 Å². The first-order chi connectivity index (χ1) is 12.6. The van der Waals surface area contributed by atoms with Crippen LogP contribution in [0.1, 0.15) is 24.0 Å². The first-order valence-corrected chi connectivity index (χ1v) is 9.50. The fraction of sp³-hybridized carbons (Fsp3) is 0.350. The van der Waals surface area contributed by atoms with Gasteiger partial charge in [-0.25, -0.2) is 0 Å². The predicted octanol–water partition coefficient (Wildman–Crippen LogP) is 4.28. The summed E-state index contributed by atoms with van der Waals surface area (Å²) in [7, 11) is 0. The van der Waals surface area contributed by atoms with Crippen molar-refractivity contribution in [3.63, 3.8) is 0 Å². The number of nitrogens with zero attached hydrogens (tertiary/aromatic N) is 1. The van der Waals surface area contributed by atoms with E-state index in [0.29, 0.717) is 22.3 Å². The van der Waals surface area contributed by atoms with Gasteiger partial charge < -0.3 is 10.1 Å². The number of amides is 1. The minimum absolute atomic E-state index is 0.0885. The Morgan fingerprint density at radius 3 is 2.62 bits per heavy atom. The van der Waals surface area contributed by atoms with Crippen LogP contribution >= 0.6 is 23.2 Å². The van der Waals surface area contributed by atoms with E-state index >= 15 is 0 Å². The molecule has 1 amide bonds. The third kappa shape index (κ3) is 5.63. The van der Waals surface area contributed by atoms with Gasteiger partial charge in [-0.1, -0.05) is 47.5 Å². The van der Waals surface area contributed by atoms with Crippen molar-refractivity contribution in [1.29, 1.82) is 0 Å². The number of hydrogen-bond donors (Lipinski definition) is 1. The molecule has 0 radical (unpaired) electrons. The molecule has 0 aromatic heterocycles. The standard InChI is InChI=1S/C20H22Cl2N2O2/c21-17-6-7-19(18(22)11-17)26-14-20(25)23-12-15-4-3-5-16(10-15)13-24-8-1-2-9-24/h3-7,10-11H,1-2,8-9,12-14H2,(H,23,25). The normalized spacial score (nSPS) is 14.4. The number of hydrogen-bond acceptors (Lipinski definition) is 3. The molecule has 1 N–H and O–H groups in total. The average Bonchev–Trinajstić information content (AvgIpc) is 3.12. The highest BCUT2D eigenvalue weighted by Crippen LogP contribution is 2.27. The number of nitrogens with one attached hydrogen (secondary N) is 1. The van der Waals surface area contributed by atoms with Crippen LogP contribution in [0.15, 0.2) is 42.5 Å². The maximum Gasteiger partial charge on any atom is 0.258 e. The number of likely N-dealkylation sites (tertiary alicyclic amines) is 1. The summed E-state index contributed by atoms with van der Waals surface area (Å²) in [5.41, 5.74) is 2.36. The number of carbonyl (C=O) groups excluding carboxylic acids is 1. The van der Waals surface area contributed by atoms with Gasteiger partial charge in [-0.3, -0.25) is 9.69 Å². The van der Waals surface area contributed by atoms with Gasteiger partial charge >= 0.3 is 0 Å². The summed E-state index contributed by atoms with van der Waals surface area (Å²) in [6.07, 6.45) is 2.57. The molecule has 0 unspecified atom stereocenters. The summed E-state index contributed by atoms with van der Waals surface area (Å²) < 4.78 is 5.45. The van der Waals surface area contributed by atoms with Crippen LogP contribution in [-0.4, -0.2) is 30.5 Å². The smallest absolute Gasteiger partial charge is 0.258 e. The van der Waals surface area contributed by atoms with Gasteiger partial charge in [0.25, 0.3) is 5.91 Å². The molecule has 1 aliphatic rings. The summed E-state index contributed by atoms with van der Waals surface area (Å²) in [6.45, 7) is 3.70. The maximum absolute atomic E-state index is 12.0. The van der Waals surface area contributed by atoms with Gasteiger partial charge in [0, 0.05) is 18.1 Å². The Morgan fingerprint density at radius 1 is 1.08 bits per heavy atom. The Bertz CT molecular complexity index is 761. The molecular formula is C20H22Cl2N2O2. The molecule has 2 aromatic rings. The highest BCUT2D eigenvalue weighted by Gasteiger charge is 2.12. The zero-order valence-electron chi connectivity index (χ0n) is 14.5. The molecule has 1 fully saturated rings. The van der Waals surface area contributed by atoms with E-state index in [1.807, 2.05) is 12.1 Å². The third-order valence-corrected chi connectivity index (χ3v) is 4.87. The summed E-state index contributed by atoms with van der Waals surface area (Å²) in [4.78, 5) is 14.5. The Hall–Kier alpha value is -1.75. The largest absolute Gasteiger partial charge is 0.482 e. The topological polar surface area (TPSA) is 41.6 Å². The van der Waals surface area contributed by atoms with Crippen LogP contribution in [0, 0.1) is 0 Å². The van der Waals surface area contributed by atoms with E-state index in [2.05, 4.69) is 22.3 Å². The molecule has 0 spiro atoms. The van der Waals surface area contributed by atoms with Gasteiger partial charge in [0.15, 0.2) is 6.61 Å². The summed E-state index contributed by atoms with van der Waals surface area (Å²) in [5.74, 6) is 0.250. The molecule has 6 heteroatoms. The van der Waals surface area contributed by atoms with Crippen LogP contribution in [0.5, 0.6) is 5.75 Å². The molecule has 0 aliphatic carbocycles. The van der Waals surface area contributed by atoms with Gasteiger partial charge in [-0.05, 0) is 55.3 Å². The van der Waals surface area contributed by atoms with E-state index in [4.69, 9.17) is 27.9 Å². The molecule has 138 valence electrons. The molecule has 3 rings (SSSR count). The molecule has 0 bridgehead atoms. The number of carbonyl (C=O) groups is 1. The monoisotopic (exact) mass is 392 g/mol. The lowest BCUT2D eigenvalue weighted by atomic mass is 10.1. The number of ether oxygens (including phenoxy) is 1. The molecule has 1 heterocycles. The van der Waals surface area contributed by atoms with Crippen LogP contribution in [0.2, 0.25) is 10.0 Å². The van der Waals surface area contributed by atoms with Crippen molar-refractivity contribution in [1.82, 2.24) is 10.2 Å². The molecule has 1 aliphatic heterocycles. The Labute approximate surface area is 164 Å². The van der Waals surface area contributed by atoms with Crippen molar-refractivity contribution in [3.05, 3.63) is 63.6 Å². The van der Waals surface area contributed by atoms with Crippen LogP contribution < -0.4 is 10.1 Å². The predicted molar refractivity (Wildman–Crippen MR) is 105 cm³/mol. The minimum atomic E-state index is -0.194. The number of halogens is 2. The second kappa shape index (κ2) is 9.26. The third-order valence-electron chi connectivity index (χ3n) is 4.34. The molecule has 0 saturated carbocycles. The van der Waals surface area contributed by atoms with Gasteiger partial charge in [-0.15, -0.1) is 0 Å². The molecular weight excluding hydrogens is 371 g/mol. The lowest BCUT2D eigenvalue weighted by molar-refractivity contribution is -0.123. The summed E-state index contributed by atoms with van der Waals surface area (Å²) >= 11 is 11.9. The van der Waals surface area contributed by atoms with E-state index in [9.17, 15) is 4.79 Å². The Morgan fingerprint density at radius 2 is 1.85 bits per heavy atom. The molecule has 0 atom stereocenters. The first-order valence-electron chi connectivity index (χ1n) is 8.75. The fourth-order valence-corrected chi connectivity index (χ4v) is 3.49. The van der Waals surface area contributed by atoms with Gasteiger partial charge in [0.2, 0.25) is 0 Å². The van der Waals surface area contributed by atoms with Crippen molar-refractivity contribution in [2.45, 2.75) is 25.9 Å². The maximum atomic E-state index is 12.0. The summed E-state index contributed by atoms with van der Waals surface area (Å²) in [6, 6.07) is 13.3. The fourth-order valence-electron chi connectivity index (χ4n) is 3.02. The lowest BCUT2D eigenvalue weighted by Gasteiger charge is -2.15. The van der Waals surface area contributed by atoms with Gasteiger partial charge in [-0.2, -0.15) is 0 Å². The lowest BCUT2D eigenvalue weighted by Crippen LogP contribution is -2.28. The van der Waals surface area contributed by atoms with Gasteiger partial charge in [0.05, 0.1) is 5.02 Å². The zero-order valence-corrected chi connectivity index (χ0v) is 16.0. The zero-order chi connectivity index (χ0) is 18.4. The van der Waals surface area contributed by atoms with E-state index in [1.54, 1.807) is 18.2 Å². The second-order valence-corrected chi connectivity index (χ2v) is 7.29. The highest BCUT2D eigenvalue weighted by atomic mass is 35.5. The van der Waals surface area contributed by atoms with Crippen LogP contribution in [0.4, 0.5) is 0 Å². The van der Waals surface area contributed by atoms with E-state index in [1.165, 1.54) is 31.5 Å². The number of rotatable bonds is 7. The van der Waals surface area contributed by atoms with Crippen molar-refractivity contribution < 1.29 is 9.53 Å². The SMILES string of the molecule is O=C(COc1ccc(Cl)cc1Cl)NCc1cccc(CN2CCCC2)c1. The summed E-state index contributed by atoms with van der Waals surface area (Å²) in [5, 5.41) is 3.79. The Balaban J connectivity index is 1.46. The van der Waals surface area contributed by atoms with Crippen molar-refractivity contribution in [3.8, 4) is 5.75 Å². The van der Waals surface area contributed by atoms with Crippen LogP contribution in [0.25, 0.3) is 0 Å². The Kier molecular flexibility index (Phi) is 6.78. The second-order valence-electron chi connectivity index (χ2n) is 6.44. The molecule has 4 nitrogen and oxygen atoms in total. The molecule has 2 aromatic carbocycles. The van der Waals surface area contributed by atoms with Gasteiger partial charge in [0.1, 0.15) is 5.75 Å². The van der Waals surface area contributed by atoms with Crippen molar-refractivity contribution >= 4 is 29.1 Å². The molecule has 26 heavy (non-hydrogen) atoms. The average molecular weight is 393 g/mol. The molecule has 1 saturated heterocycles. The van der Waals surface area contributed by atoms with E-state index < -0.39 is 0 Å². The first kappa shape index (κ1) is 19.0. The van der Waals surface area contributed by atoms with E-state index in [-0.39, 0.29) is 12.5 Å². The van der Waals surface area contributed by atoms with Crippen molar-refractivity contribution in [2.75, 3.05) is 19.7 Å². The highest BCUT2D eigenvalue weighted by molar-refractivity contribution is 6.35. The van der Waals surface area contributed by atoms with Crippen molar-refractivity contribution in [2.24, 2.45) is 0 Å².